The van der Waals surface area contributed by atoms with E-state index in [0.29, 0.717) is 30.7 Å². The molecule has 0 N–H and O–H groups in total. The number of pyridine rings is 2. The fraction of sp³-hybridized carbons (Fsp3) is 0.300. The molecule has 1 amide bonds. The Morgan fingerprint density at radius 3 is 2.52 bits per heavy atom. The van der Waals surface area contributed by atoms with Crippen LogP contribution in [-0.4, -0.2) is 70.7 Å². The zero-order valence-electron chi connectivity index (χ0n) is 23.8. The average molecular weight is 658 g/mol. The molecule has 4 aromatic rings. The Bertz CT molecular complexity index is 2010. The molecule has 1 aliphatic carbocycles. The first-order chi connectivity index (χ1) is 20.9. The first-order valence-electron chi connectivity index (χ1n) is 13.9. The standard InChI is InChI=1S/C30H27Cl2FN6O4S/c1-4-23(40)37-12-13-38(16(2)15-37)28-18-14-20(32)26(24-19(31)6-5-7-21(24)33)35-29(18)39(30(41)36-28)27-22(44(3,42)43)10-11-34-25(27)17-8-9-17/h4-7,10-11,14,16-17H,1,8-9,12-13,15H2,2-3H3/t16-/m0/s1. The van der Waals surface area contributed by atoms with E-state index in [9.17, 15) is 18.0 Å². The Morgan fingerprint density at radius 1 is 1.14 bits per heavy atom. The van der Waals surface area contributed by atoms with Crippen molar-refractivity contribution in [3.8, 4) is 16.9 Å². The number of rotatable bonds is 6. The number of halogens is 3. The number of carbonyl (C=O) groups excluding carboxylic acids is 1. The van der Waals surface area contributed by atoms with Gasteiger partial charge in [0.15, 0.2) is 15.5 Å². The summed E-state index contributed by atoms with van der Waals surface area (Å²) in [5.41, 5.74) is -0.403. The summed E-state index contributed by atoms with van der Waals surface area (Å²) in [4.78, 5) is 43.5. The van der Waals surface area contributed by atoms with Crippen molar-refractivity contribution in [3.63, 3.8) is 0 Å². The van der Waals surface area contributed by atoms with Crippen molar-refractivity contribution in [2.75, 3.05) is 30.8 Å². The number of piperazine rings is 1. The summed E-state index contributed by atoms with van der Waals surface area (Å²) >= 11 is 13.2. The molecule has 2 fully saturated rings. The molecule has 1 saturated carbocycles. The maximum Gasteiger partial charge on any atom is 0.355 e. The molecule has 0 unspecified atom stereocenters. The normalized spacial score (nSPS) is 17.2. The Kier molecular flexibility index (Phi) is 7.71. The summed E-state index contributed by atoms with van der Waals surface area (Å²) in [5, 5.41) is 0.421. The highest BCUT2D eigenvalue weighted by Crippen LogP contribution is 2.44. The third-order valence-corrected chi connectivity index (χ3v) is 9.62. The van der Waals surface area contributed by atoms with E-state index in [1.807, 2.05) is 11.8 Å². The van der Waals surface area contributed by atoms with E-state index >= 15 is 4.39 Å². The predicted molar refractivity (Wildman–Crippen MR) is 167 cm³/mol. The molecule has 1 atom stereocenters. The van der Waals surface area contributed by atoms with Crippen LogP contribution >= 0.6 is 23.2 Å². The molecule has 228 valence electrons. The minimum Gasteiger partial charge on any atom is -0.350 e. The minimum atomic E-state index is -3.85. The van der Waals surface area contributed by atoms with E-state index in [2.05, 4.69) is 16.5 Å². The monoisotopic (exact) mass is 656 g/mol. The smallest absolute Gasteiger partial charge is 0.350 e. The number of benzene rings is 1. The van der Waals surface area contributed by atoms with Crippen LogP contribution in [0.4, 0.5) is 10.2 Å². The topological polar surface area (TPSA) is 118 Å². The summed E-state index contributed by atoms with van der Waals surface area (Å²) in [6.07, 6.45) is 5.25. The van der Waals surface area contributed by atoms with Crippen LogP contribution in [-0.2, 0) is 14.6 Å². The van der Waals surface area contributed by atoms with Crippen molar-refractivity contribution in [1.82, 2.24) is 24.4 Å². The molecule has 0 radical (unpaired) electrons. The summed E-state index contributed by atoms with van der Waals surface area (Å²) in [5.74, 6) is -0.698. The number of hydrogen-bond donors (Lipinski definition) is 0. The lowest BCUT2D eigenvalue weighted by molar-refractivity contribution is -0.126. The average Bonchev–Trinajstić information content (AvgIpc) is 3.82. The fourth-order valence-electron chi connectivity index (χ4n) is 5.66. The summed E-state index contributed by atoms with van der Waals surface area (Å²) in [7, 11) is -3.85. The molecule has 4 heterocycles. The highest BCUT2D eigenvalue weighted by molar-refractivity contribution is 7.90. The number of nitrogens with zero attached hydrogens (tertiary/aromatic N) is 6. The number of sulfone groups is 1. The third kappa shape index (κ3) is 5.24. The van der Waals surface area contributed by atoms with Gasteiger partial charge in [0, 0.05) is 44.0 Å². The van der Waals surface area contributed by atoms with Crippen LogP contribution in [0.3, 0.4) is 0 Å². The van der Waals surface area contributed by atoms with Crippen LogP contribution < -0.4 is 10.6 Å². The third-order valence-electron chi connectivity index (χ3n) is 7.89. The Balaban J connectivity index is 1.69. The molecule has 2 aliphatic rings. The van der Waals surface area contributed by atoms with Gasteiger partial charge in [-0.15, -0.1) is 0 Å². The molecular weight excluding hydrogens is 630 g/mol. The molecule has 3 aromatic heterocycles. The molecule has 6 rings (SSSR count). The van der Waals surface area contributed by atoms with Gasteiger partial charge in [0.05, 0.1) is 43.0 Å². The second kappa shape index (κ2) is 11.2. The van der Waals surface area contributed by atoms with Crippen LogP contribution in [0.15, 0.2) is 58.9 Å². The predicted octanol–water partition coefficient (Wildman–Crippen LogP) is 4.79. The minimum absolute atomic E-state index is 0.00955. The molecule has 44 heavy (non-hydrogen) atoms. The zero-order chi connectivity index (χ0) is 31.5. The second-order valence-electron chi connectivity index (χ2n) is 11.0. The van der Waals surface area contributed by atoms with Crippen molar-refractivity contribution in [2.45, 2.75) is 36.6 Å². The molecular formula is C30H27Cl2FN6O4S. The maximum atomic E-state index is 15.2. The van der Waals surface area contributed by atoms with Crippen LogP contribution in [0.1, 0.15) is 31.4 Å². The van der Waals surface area contributed by atoms with Gasteiger partial charge in [0.25, 0.3) is 0 Å². The SMILES string of the molecule is C=CC(=O)N1CCN(c2nc(=O)n(-c3c(S(C)(=O)=O)ccnc3C3CC3)c3nc(-c4c(F)cccc4Cl)c(Cl)cc23)[C@@H](C)C1. The van der Waals surface area contributed by atoms with Gasteiger partial charge in [0.2, 0.25) is 5.91 Å². The van der Waals surface area contributed by atoms with Gasteiger partial charge in [-0.05, 0) is 50.1 Å². The van der Waals surface area contributed by atoms with Crippen LogP contribution in [0.5, 0.6) is 0 Å². The molecule has 1 saturated heterocycles. The number of anilines is 1. The number of amides is 1. The van der Waals surface area contributed by atoms with Gasteiger partial charge in [0.1, 0.15) is 11.6 Å². The van der Waals surface area contributed by atoms with E-state index in [0.717, 1.165) is 23.7 Å². The number of aromatic nitrogens is 4. The second-order valence-corrected chi connectivity index (χ2v) is 13.8. The van der Waals surface area contributed by atoms with Crippen LogP contribution in [0.25, 0.3) is 28.0 Å². The van der Waals surface area contributed by atoms with Gasteiger partial charge in [-0.3, -0.25) is 9.78 Å². The largest absolute Gasteiger partial charge is 0.355 e. The van der Waals surface area contributed by atoms with Crippen molar-refractivity contribution < 1.29 is 17.6 Å². The van der Waals surface area contributed by atoms with Crippen LogP contribution in [0.2, 0.25) is 10.0 Å². The zero-order valence-corrected chi connectivity index (χ0v) is 26.1. The molecule has 0 bridgehead atoms. The quantitative estimate of drug-likeness (QED) is 0.272. The first kappa shape index (κ1) is 30.2. The molecule has 10 nitrogen and oxygen atoms in total. The summed E-state index contributed by atoms with van der Waals surface area (Å²) in [6, 6.07) is 6.75. The Morgan fingerprint density at radius 2 is 1.89 bits per heavy atom. The summed E-state index contributed by atoms with van der Waals surface area (Å²) < 4.78 is 42.4. The number of fused-ring (bicyclic) bond motifs is 1. The lowest BCUT2D eigenvalue weighted by atomic mass is 10.1. The van der Waals surface area contributed by atoms with E-state index in [1.165, 1.54) is 42.6 Å². The van der Waals surface area contributed by atoms with Crippen LogP contribution in [0, 0.1) is 5.82 Å². The van der Waals surface area contributed by atoms with Gasteiger partial charge in [-0.25, -0.2) is 27.2 Å². The van der Waals surface area contributed by atoms with E-state index in [1.54, 1.807) is 4.90 Å². The highest BCUT2D eigenvalue weighted by atomic mass is 35.5. The summed E-state index contributed by atoms with van der Waals surface area (Å²) in [6.45, 7) is 6.47. The fourth-order valence-corrected chi connectivity index (χ4v) is 7.01. The molecule has 0 spiro atoms. The van der Waals surface area contributed by atoms with Gasteiger partial charge in [-0.2, -0.15) is 4.98 Å². The molecule has 1 aliphatic heterocycles. The van der Waals surface area contributed by atoms with Gasteiger partial charge in [-0.1, -0.05) is 35.8 Å². The van der Waals surface area contributed by atoms with Gasteiger partial charge >= 0.3 is 5.69 Å². The van der Waals surface area contributed by atoms with Crippen molar-refractivity contribution in [1.29, 1.82) is 0 Å². The van der Waals surface area contributed by atoms with Crippen molar-refractivity contribution in [2.24, 2.45) is 0 Å². The Labute approximate surface area is 262 Å². The first-order valence-corrected chi connectivity index (χ1v) is 16.5. The van der Waals surface area contributed by atoms with Crippen molar-refractivity contribution in [3.05, 3.63) is 81.2 Å². The maximum absolute atomic E-state index is 15.2. The van der Waals surface area contributed by atoms with Crippen molar-refractivity contribution >= 4 is 55.8 Å². The van der Waals surface area contributed by atoms with E-state index in [4.69, 9.17) is 28.2 Å². The lowest BCUT2D eigenvalue weighted by Crippen LogP contribution is -2.54. The number of hydrogen-bond acceptors (Lipinski definition) is 8. The Hall–Kier alpha value is -3.87. The van der Waals surface area contributed by atoms with Gasteiger partial charge < -0.3 is 9.80 Å². The number of carbonyl (C=O) groups is 1. The molecule has 14 heteroatoms. The highest BCUT2D eigenvalue weighted by Gasteiger charge is 2.35. The van der Waals surface area contributed by atoms with E-state index < -0.39 is 21.3 Å². The van der Waals surface area contributed by atoms with E-state index in [-0.39, 0.29) is 61.2 Å². The molecule has 1 aromatic carbocycles. The lowest BCUT2D eigenvalue weighted by Gasteiger charge is -2.40.